The molecule has 4 rings (SSSR count). The molecule has 0 saturated carbocycles. The van der Waals surface area contributed by atoms with Crippen LogP contribution < -0.4 is 9.54 Å². The molecule has 0 radical (unpaired) electrons. The van der Waals surface area contributed by atoms with Crippen LogP contribution in [0.5, 0.6) is 5.75 Å². The van der Waals surface area contributed by atoms with Gasteiger partial charge in [-0.3, -0.25) is 9.98 Å². The summed E-state index contributed by atoms with van der Waals surface area (Å²) in [5.41, 5.74) is 3.13. The molecule has 7 heteroatoms. The maximum atomic E-state index is 5.27. The van der Waals surface area contributed by atoms with E-state index in [4.69, 9.17) is 9.72 Å². The second-order valence-corrected chi connectivity index (χ2v) is 6.76. The van der Waals surface area contributed by atoms with E-state index in [1.165, 1.54) is 11.5 Å². The van der Waals surface area contributed by atoms with Crippen molar-refractivity contribution in [1.82, 2.24) is 13.9 Å². The van der Waals surface area contributed by atoms with E-state index in [-0.39, 0.29) is 17.0 Å². The van der Waals surface area contributed by atoms with Crippen LogP contribution in [0.1, 0.15) is 5.56 Å². The molecule has 28 heavy (non-hydrogen) atoms. The zero-order valence-electron chi connectivity index (χ0n) is 15.2. The van der Waals surface area contributed by atoms with Crippen molar-refractivity contribution in [3.8, 4) is 22.8 Å². The minimum Gasteiger partial charge on any atom is -0.497 e. The van der Waals surface area contributed by atoms with Crippen LogP contribution in [0.15, 0.2) is 84.1 Å². The Bertz CT molecular complexity index is 1080. The molecular formula is C21H19BrN4OS. The Morgan fingerprint density at radius 3 is 2.46 bits per heavy atom. The van der Waals surface area contributed by atoms with Crippen LogP contribution in [-0.2, 0) is 6.54 Å². The van der Waals surface area contributed by atoms with Gasteiger partial charge in [0.15, 0.2) is 5.82 Å². The standard InChI is InChI=1S/C21H18N4OS.BrH/c1-26-19-11-9-18(10-12-19)25-20(17-7-3-2-4-8-17)24-21(27-25)23-15-16-6-5-13-22-14-16;/h2-14H,15H2,1H3;1H. The fourth-order valence-electron chi connectivity index (χ4n) is 2.66. The molecule has 0 aliphatic rings. The van der Waals surface area contributed by atoms with Crippen LogP contribution in [-0.4, -0.2) is 21.0 Å². The highest BCUT2D eigenvalue weighted by molar-refractivity contribution is 8.93. The predicted molar refractivity (Wildman–Crippen MR) is 117 cm³/mol. The zero-order chi connectivity index (χ0) is 18.5. The van der Waals surface area contributed by atoms with Crippen molar-refractivity contribution >= 4 is 28.5 Å². The van der Waals surface area contributed by atoms with Crippen molar-refractivity contribution in [1.29, 1.82) is 0 Å². The van der Waals surface area contributed by atoms with E-state index >= 15 is 0 Å². The monoisotopic (exact) mass is 454 g/mol. The summed E-state index contributed by atoms with van der Waals surface area (Å²) in [6.45, 7) is 0.554. The van der Waals surface area contributed by atoms with E-state index in [1.54, 1.807) is 13.3 Å². The molecule has 0 aliphatic heterocycles. The van der Waals surface area contributed by atoms with Crippen molar-refractivity contribution in [2.24, 2.45) is 4.99 Å². The minimum atomic E-state index is 0. The van der Waals surface area contributed by atoms with Gasteiger partial charge >= 0.3 is 0 Å². The van der Waals surface area contributed by atoms with Crippen LogP contribution in [0, 0.1) is 0 Å². The molecular weight excluding hydrogens is 436 g/mol. The summed E-state index contributed by atoms with van der Waals surface area (Å²) >= 11 is 1.52. The molecule has 4 aromatic rings. The summed E-state index contributed by atoms with van der Waals surface area (Å²) in [7, 11) is 1.67. The SMILES string of the molecule is Br.COc1ccc(-n2sc(=NCc3cccnc3)nc2-c2ccccc2)cc1. The Hall–Kier alpha value is -2.77. The van der Waals surface area contributed by atoms with Crippen molar-refractivity contribution in [2.75, 3.05) is 7.11 Å². The normalized spacial score (nSPS) is 11.1. The molecule has 0 unspecified atom stereocenters. The van der Waals surface area contributed by atoms with Crippen LogP contribution in [0.2, 0.25) is 0 Å². The number of methoxy groups -OCH3 is 1. The predicted octanol–water partition coefficient (Wildman–Crippen LogP) is 4.68. The van der Waals surface area contributed by atoms with Crippen molar-refractivity contribution < 1.29 is 4.74 Å². The van der Waals surface area contributed by atoms with Gasteiger partial charge in [-0.05, 0) is 47.4 Å². The highest BCUT2D eigenvalue weighted by atomic mass is 79.9. The smallest absolute Gasteiger partial charge is 0.223 e. The third-order valence-corrected chi connectivity index (χ3v) is 4.98. The molecule has 0 saturated heterocycles. The van der Waals surface area contributed by atoms with Crippen molar-refractivity contribution in [3.63, 3.8) is 0 Å². The average Bonchev–Trinajstić information content (AvgIpc) is 3.18. The lowest BCUT2D eigenvalue weighted by Crippen LogP contribution is -1.99. The minimum absolute atomic E-state index is 0. The highest BCUT2D eigenvalue weighted by Gasteiger charge is 2.11. The van der Waals surface area contributed by atoms with Gasteiger partial charge in [-0.2, -0.15) is 4.98 Å². The molecule has 5 nitrogen and oxygen atoms in total. The van der Waals surface area contributed by atoms with Gasteiger partial charge in [-0.1, -0.05) is 36.4 Å². The number of halogens is 1. The van der Waals surface area contributed by atoms with Gasteiger partial charge in [-0.15, -0.1) is 17.0 Å². The first-order valence-electron chi connectivity index (χ1n) is 8.53. The number of rotatable bonds is 5. The Balaban J connectivity index is 0.00000225. The summed E-state index contributed by atoms with van der Waals surface area (Å²) in [5, 5.41) is 0. The van der Waals surface area contributed by atoms with Gasteiger partial charge in [0.1, 0.15) is 5.75 Å². The fraction of sp³-hybridized carbons (Fsp3) is 0.0952. The summed E-state index contributed by atoms with van der Waals surface area (Å²) in [4.78, 5) is 14.3. The van der Waals surface area contributed by atoms with Gasteiger partial charge in [0, 0.05) is 18.0 Å². The lowest BCUT2D eigenvalue weighted by atomic mass is 10.2. The molecule has 0 N–H and O–H groups in total. The van der Waals surface area contributed by atoms with E-state index in [2.05, 4.69) is 26.1 Å². The van der Waals surface area contributed by atoms with Gasteiger partial charge in [0.05, 0.1) is 19.3 Å². The molecule has 0 amide bonds. The first-order valence-corrected chi connectivity index (χ1v) is 9.30. The lowest BCUT2D eigenvalue weighted by molar-refractivity contribution is 0.415. The largest absolute Gasteiger partial charge is 0.497 e. The van der Waals surface area contributed by atoms with E-state index in [0.29, 0.717) is 6.54 Å². The lowest BCUT2D eigenvalue weighted by Gasteiger charge is -2.07. The number of pyridine rings is 1. The molecule has 2 heterocycles. The molecule has 0 spiro atoms. The third-order valence-electron chi connectivity index (χ3n) is 4.03. The fourth-order valence-corrected chi connectivity index (χ4v) is 3.53. The Labute approximate surface area is 178 Å². The number of hydrogen-bond acceptors (Lipinski definition) is 5. The van der Waals surface area contributed by atoms with Gasteiger partial charge in [0.2, 0.25) is 4.80 Å². The van der Waals surface area contributed by atoms with Gasteiger partial charge in [0.25, 0.3) is 0 Å². The molecule has 2 aromatic carbocycles. The molecule has 0 atom stereocenters. The quantitative estimate of drug-likeness (QED) is 0.439. The first-order chi connectivity index (χ1) is 13.3. The summed E-state index contributed by atoms with van der Waals surface area (Å²) in [5.74, 6) is 1.70. The maximum Gasteiger partial charge on any atom is 0.223 e. The topological polar surface area (TPSA) is 52.3 Å². The van der Waals surface area contributed by atoms with Crippen LogP contribution in [0.4, 0.5) is 0 Å². The molecule has 142 valence electrons. The van der Waals surface area contributed by atoms with E-state index < -0.39 is 0 Å². The van der Waals surface area contributed by atoms with E-state index in [9.17, 15) is 0 Å². The molecule has 0 bridgehead atoms. The summed E-state index contributed by atoms with van der Waals surface area (Å²) in [6, 6.07) is 22.0. The number of benzene rings is 2. The highest BCUT2D eigenvalue weighted by Crippen LogP contribution is 2.23. The average molecular weight is 455 g/mol. The number of nitrogens with zero attached hydrogens (tertiary/aromatic N) is 4. The Morgan fingerprint density at radius 1 is 1.00 bits per heavy atom. The summed E-state index contributed by atoms with van der Waals surface area (Å²) in [6.07, 6.45) is 3.59. The second kappa shape index (κ2) is 9.43. The Kier molecular flexibility index (Phi) is 6.73. The third kappa shape index (κ3) is 4.55. The van der Waals surface area contributed by atoms with Crippen LogP contribution in [0.25, 0.3) is 17.1 Å². The summed E-state index contributed by atoms with van der Waals surface area (Å²) < 4.78 is 7.36. The molecule has 0 fully saturated rings. The zero-order valence-corrected chi connectivity index (χ0v) is 17.8. The van der Waals surface area contributed by atoms with Crippen LogP contribution in [0.3, 0.4) is 0 Å². The van der Waals surface area contributed by atoms with Crippen molar-refractivity contribution in [2.45, 2.75) is 6.54 Å². The maximum absolute atomic E-state index is 5.27. The van der Waals surface area contributed by atoms with Gasteiger partial charge in [-0.25, -0.2) is 3.96 Å². The van der Waals surface area contributed by atoms with Crippen LogP contribution >= 0.6 is 28.5 Å². The van der Waals surface area contributed by atoms with Gasteiger partial charge < -0.3 is 4.74 Å². The second-order valence-electron chi connectivity index (χ2n) is 5.85. The van der Waals surface area contributed by atoms with E-state index in [0.717, 1.165) is 33.2 Å². The first kappa shape index (κ1) is 20.0. The number of ether oxygens (including phenoxy) is 1. The van der Waals surface area contributed by atoms with E-state index in [1.807, 2.05) is 60.8 Å². The van der Waals surface area contributed by atoms with Crippen molar-refractivity contribution in [3.05, 3.63) is 89.5 Å². The number of hydrogen-bond donors (Lipinski definition) is 0. The Morgan fingerprint density at radius 2 is 1.79 bits per heavy atom. The molecule has 2 aromatic heterocycles. The number of aromatic nitrogens is 3. The molecule has 0 aliphatic carbocycles.